The van der Waals surface area contributed by atoms with Crippen LogP contribution in [0.2, 0.25) is 0 Å². The number of carbonyl (C=O) groups is 1. The average molecular weight is 235 g/mol. The molecule has 0 radical (unpaired) electrons. The van der Waals surface area contributed by atoms with Crippen LogP contribution in [-0.4, -0.2) is 19.2 Å². The molecule has 5 heteroatoms. The molecule has 0 atom stereocenters. The molecular weight excluding hydrogens is 218 g/mol. The average Bonchev–Trinajstić information content (AvgIpc) is 2.32. The molecule has 1 aliphatic heterocycles. The normalized spacial score (nSPS) is 15.6. The molecule has 4 N–H and O–H groups in total. The molecule has 1 aromatic carbocycles. The molecule has 92 valence electrons. The zero-order chi connectivity index (χ0) is 12.3. The van der Waals surface area contributed by atoms with Crippen LogP contribution in [0.1, 0.15) is 19.3 Å². The Hall–Kier alpha value is -1.91. The van der Waals surface area contributed by atoms with Crippen molar-refractivity contribution in [2.24, 2.45) is 5.73 Å². The summed E-state index contributed by atoms with van der Waals surface area (Å²) in [7, 11) is 0. The smallest absolute Gasteiger partial charge is 0.408 e. The van der Waals surface area contributed by atoms with Crippen molar-refractivity contribution in [1.82, 2.24) is 0 Å². The predicted molar refractivity (Wildman–Crippen MR) is 67.1 cm³/mol. The lowest BCUT2D eigenvalue weighted by Gasteiger charge is -2.29. The lowest BCUT2D eigenvalue weighted by Crippen LogP contribution is -2.29. The highest BCUT2D eigenvalue weighted by molar-refractivity contribution is 5.73. The molecule has 0 aromatic heterocycles. The van der Waals surface area contributed by atoms with Crippen molar-refractivity contribution in [1.29, 1.82) is 0 Å². The number of hydrogen-bond acceptors (Lipinski definition) is 4. The van der Waals surface area contributed by atoms with Gasteiger partial charge in [-0.1, -0.05) is 0 Å². The Bertz CT molecular complexity index is 414. The second kappa shape index (κ2) is 4.95. The van der Waals surface area contributed by atoms with Crippen molar-refractivity contribution in [2.75, 3.05) is 23.7 Å². The van der Waals surface area contributed by atoms with Crippen LogP contribution in [-0.2, 0) is 0 Å². The third kappa shape index (κ3) is 2.81. The third-order valence-corrected chi connectivity index (χ3v) is 2.93. The minimum absolute atomic E-state index is 0.334. The molecule has 0 bridgehead atoms. The first kappa shape index (κ1) is 11.6. The molecule has 17 heavy (non-hydrogen) atoms. The van der Waals surface area contributed by atoms with E-state index in [9.17, 15) is 4.79 Å². The Morgan fingerprint density at radius 2 is 1.94 bits per heavy atom. The van der Waals surface area contributed by atoms with E-state index in [2.05, 4.69) is 4.90 Å². The predicted octanol–water partition coefficient (Wildman–Crippen LogP) is 1.72. The number of nitrogens with two attached hydrogens (primary N) is 2. The van der Waals surface area contributed by atoms with Crippen molar-refractivity contribution < 1.29 is 9.53 Å². The molecule has 1 fully saturated rings. The molecule has 1 amide bonds. The van der Waals surface area contributed by atoms with Crippen LogP contribution in [0.5, 0.6) is 5.75 Å². The summed E-state index contributed by atoms with van der Waals surface area (Å²) in [5.74, 6) is 0.334. The maximum Gasteiger partial charge on any atom is 0.410 e. The summed E-state index contributed by atoms with van der Waals surface area (Å²) in [6.07, 6.45) is 2.82. The summed E-state index contributed by atoms with van der Waals surface area (Å²) < 4.78 is 4.86. The lowest BCUT2D eigenvalue weighted by atomic mass is 10.1. The number of piperidine rings is 1. The summed E-state index contributed by atoms with van der Waals surface area (Å²) in [5.41, 5.74) is 12.2. The maximum absolute atomic E-state index is 10.7. The summed E-state index contributed by atoms with van der Waals surface area (Å²) in [4.78, 5) is 13.0. The second-order valence-corrected chi connectivity index (χ2v) is 4.19. The standard InChI is InChI=1S/C12H17N3O2/c13-10-5-4-9(8-11(10)17-12(14)16)15-6-2-1-3-7-15/h4-5,8H,1-3,6-7,13H2,(H2,14,16). The number of benzene rings is 1. The Morgan fingerprint density at radius 1 is 1.24 bits per heavy atom. The van der Waals surface area contributed by atoms with Crippen LogP contribution in [0.4, 0.5) is 16.2 Å². The largest absolute Gasteiger partial charge is 0.410 e. The van der Waals surface area contributed by atoms with E-state index >= 15 is 0 Å². The van der Waals surface area contributed by atoms with Gasteiger partial charge in [0.2, 0.25) is 0 Å². The van der Waals surface area contributed by atoms with E-state index in [-0.39, 0.29) is 0 Å². The Kier molecular flexibility index (Phi) is 3.37. The zero-order valence-corrected chi connectivity index (χ0v) is 9.69. The first-order chi connectivity index (χ1) is 8.16. The van der Waals surface area contributed by atoms with Crippen LogP contribution in [0.15, 0.2) is 18.2 Å². The van der Waals surface area contributed by atoms with Gasteiger partial charge in [-0.05, 0) is 31.4 Å². The van der Waals surface area contributed by atoms with Gasteiger partial charge in [0, 0.05) is 24.8 Å². The fourth-order valence-corrected chi connectivity index (χ4v) is 2.07. The Morgan fingerprint density at radius 3 is 2.59 bits per heavy atom. The highest BCUT2D eigenvalue weighted by Gasteiger charge is 2.13. The number of ether oxygens (including phenoxy) is 1. The van der Waals surface area contributed by atoms with Gasteiger partial charge in [-0.15, -0.1) is 0 Å². The van der Waals surface area contributed by atoms with E-state index in [1.165, 1.54) is 19.3 Å². The maximum atomic E-state index is 10.7. The third-order valence-electron chi connectivity index (χ3n) is 2.93. The highest BCUT2D eigenvalue weighted by atomic mass is 16.5. The number of amides is 1. The second-order valence-electron chi connectivity index (χ2n) is 4.19. The molecule has 1 aromatic rings. The molecule has 0 aliphatic carbocycles. The van der Waals surface area contributed by atoms with Crippen molar-refractivity contribution in [2.45, 2.75) is 19.3 Å². The number of nitrogen functional groups attached to an aromatic ring is 1. The number of anilines is 2. The monoisotopic (exact) mass is 235 g/mol. The minimum Gasteiger partial charge on any atom is -0.408 e. The van der Waals surface area contributed by atoms with Crippen LogP contribution in [0, 0.1) is 0 Å². The fraction of sp³-hybridized carbons (Fsp3) is 0.417. The van der Waals surface area contributed by atoms with E-state index in [0.717, 1.165) is 18.8 Å². The van der Waals surface area contributed by atoms with Gasteiger partial charge < -0.3 is 21.1 Å². The molecule has 2 rings (SSSR count). The summed E-state index contributed by atoms with van der Waals surface area (Å²) in [5, 5.41) is 0. The van der Waals surface area contributed by atoms with Crippen molar-refractivity contribution in [3.05, 3.63) is 18.2 Å². The quantitative estimate of drug-likeness (QED) is 0.765. The Balaban J connectivity index is 2.20. The summed E-state index contributed by atoms with van der Waals surface area (Å²) in [6.45, 7) is 2.06. The topological polar surface area (TPSA) is 81.6 Å². The minimum atomic E-state index is -0.840. The molecule has 1 aliphatic rings. The van der Waals surface area contributed by atoms with Gasteiger partial charge in [-0.3, -0.25) is 0 Å². The van der Waals surface area contributed by atoms with Crippen molar-refractivity contribution >= 4 is 17.5 Å². The lowest BCUT2D eigenvalue weighted by molar-refractivity contribution is 0.211. The van der Waals surface area contributed by atoms with Crippen LogP contribution < -0.4 is 21.1 Å². The molecule has 0 spiro atoms. The SMILES string of the molecule is NC(=O)Oc1cc(N2CCCCC2)ccc1N. The molecule has 5 nitrogen and oxygen atoms in total. The first-order valence-corrected chi connectivity index (χ1v) is 5.78. The van der Waals surface area contributed by atoms with Crippen LogP contribution >= 0.6 is 0 Å². The van der Waals surface area contributed by atoms with Gasteiger partial charge in [0.1, 0.15) is 0 Å². The molecule has 0 unspecified atom stereocenters. The van der Waals surface area contributed by atoms with E-state index in [4.69, 9.17) is 16.2 Å². The van der Waals surface area contributed by atoms with E-state index in [0.29, 0.717) is 11.4 Å². The zero-order valence-electron chi connectivity index (χ0n) is 9.69. The van der Waals surface area contributed by atoms with E-state index in [1.54, 1.807) is 12.1 Å². The summed E-state index contributed by atoms with van der Waals surface area (Å²) >= 11 is 0. The number of hydrogen-bond donors (Lipinski definition) is 2. The number of rotatable bonds is 2. The molecule has 0 saturated carbocycles. The van der Waals surface area contributed by atoms with E-state index < -0.39 is 6.09 Å². The van der Waals surface area contributed by atoms with Crippen molar-refractivity contribution in [3.8, 4) is 5.75 Å². The van der Waals surface area contributed by atoms with Gasteiger partial charge in [-0.25, -0.2) is 4.79 Å². The van der Waals surface area contributed by atoms with Gasteiger partial charge in [0.05, 0.1) is 5.69 Å². The number of nitrogens with zero attached hydrogens (tertiary/aromatic N) is 1. The van der Waals surface area contributed by atoms with Crippen LogP contribution in [0.3, 0.4) is 0 Å². The number of primary amides is 1. The highest BCUT2D eigenvalue weighted by Crippen LogP contribution is 2.29. The molecular formula is C12H17N3O2. The van der Waals surface area contributed by atoms with Gasteiger partial charge >= 0.3 is 6.09 Å². The fourth-order valence-electron chi connectivity index (χ4n) is 2.07. The summed E-state index contributed by atoms with van der Waals surface area (Å²) in [6, 6.07) is 5.45. The van der Waals surface area contributed by atoms with E-state index in [1.807, 2.05) is 6.07 Å². The number of carbonyl (C=O) groups excluding carboxylic acids is 1. The first-order valence-electron chi connectivity index (χ1n) is 5.78. The van der Waals surface area contributed by atoms with Gasteiger partial charge in [-0.2, -0.15) is 0 Å². The molecule has 1 saturated heterocycles. The van der Waals surface area contributed by atoms with Gasteiger partial charge in [0.25, 0.3) is 0 Å². The van der Waals surface area contributed by atoms with Crippen molar-refractivity contribution in [3.63, 3.8) is 0 Å². The Labute approximate surface area is 100 Å². The molecule has 1 heterocycles. The van der Waals surface area contributed by atoms with Gasteiger partial charge in [0.15, 0.2) is 5.75 Å². The van der Waals surface area contributed by atoms with Crippen LogP contribution in [0.25, 0.3) is 0 Å².